The Hall–Kier alpha value is -0.860. The minimum Gasteiger partial charge on any atom is -0.368 e. The summed E-state index contributed by atoms with van der Waals surface area (Å²) >= 11 is 5.84. The van der Waals surface area contributed by atoms with Gasteiger partial charge in [0.15, 0.2) is 5.78 Å². The molecule has 0 unspecified atom stereocenters. The van der Waals surface area contributed by atoms with E-state index in [-0.39, 0.29) is 18.0 Å². The highest BCUT2D eigenvalue weighted by Gasteiger charge is 2.13. The standard InChI is InChI=1S/C13H17ClO2/c1-13(2,3)16-9-12(15)8-10-5-4-6-11(14)7-10/h4-7H,8-9H2,1-3H3. The highest BCUT2D eigenvalue weighted by Crippen LogP contribution is 2.12. The molecule has 1 rings (SSSR count). The van der Waals surface area contributed by atoms with Gasteiger partial charge in [0.1, 0.15) is 6.61 Å². The lowest BCUT2D eigenvalue weighted by Gasteiger charge is -2.18. The summed E-state index contributed by atoms with van der Waals surface area (Å²) in [4.78, 5) is 11.6. The van der Waals surface area contributed by atoms with Crippen LogP contribution in [0.25, 0.3) is 0 Å². The van der Waals surface area contributed by atoms with Crippen molar-refractivity contribution in [1.29, 1.82) is 0 Å². The van der Waals surface area contributed by atoms with Crippen molar-refractivity contribution in [2.45, 2.75) is 32.8 Å². The minimum atomic E-state index is -0.274. The van der Waals surface area contributed by atoms with Gasteiger partial charge < -0.3 is 4.74 Å². The van der Waals surface area contributed by atoms with Crippen molar-refractivity contribution in [3.8, 4) is 0 Å². The Balaban J connectivity index is 2.46. The molecule has 0 aliphatic rings. The Morgan fingerprint density at radius 3 is 2.62 bits per heavy atom. The van der Waals surface area contributed by atoms with E-state index in [1.165, 1.54) is 0 Å². The van der Waals surface area contributed by atoms with Crippen LogP contribution in [0.5, 0.6) is 0 Å². The summed E-state index contributed by atoms with van der Waals surface area (Å²) in [5, 5.41) is 0.655. The van der Waals surface area contributed by atoms with Crippen molar-refractivity contribution in [2.75, 3.05) is 6.61 Å². The molecule has 0 heterocycles. The molecule has 0 bridgehead atoms. The molecule has 0 radical (unpaired) electrons. The van der Waals surface area contributed by atoms with E-state index >= 15 is 0 Å². The molecule has 0 fully saturated rings. The van der Waals surface area contributed by atoms with Crippen LogP contribution >= 0.6 is 11.6 Å². The summed E-state index contributed by atoms with van der Waals surface area (Å²) < 4.78 is 5.41. The fourth-order valence-electron chi connectivity index (χ4n) is 1.22. The van der Waals surface area contributed by atoms with Crippen LogP contribution in [0.2, 0.25) is 5.02 Å². The summed E-state index contributed by atoms with van der Waals surface area (Å²) in [6, 6.07) is 7.33. The predicted molar refractivity (Wildman–Crippen MR) is 65.9 cm³/mol. The molecule has 0 saturated heterocycles. The largest absolute Gasteiger partial charge is 0.368 e. The van der Waals surface area contributed by atoms with Crippen LogP contribution in [0.1, 0.15) is 26.3 Å². The van der Waals surface area contributed by atoms with Gasteiger partial charge in [-0.1, -0.05) is 23.7 Å². The van der Waals surface area contributed by atoms with Crippen LogP contribution in [0.3, 0.4) is 0 Å². The first-order valence-electron chi connectivity index (χ1n) is 5.27. The first-order chi connectivity index (χ1) is 7.37. The van der Waals surface area contributed by atoms with Crippen LogP contribution in [0.4, 0.5) is 0 Å². The maximum Gasteiger partial charge on any atom is 0.162 e. The fourth-order valence-corrected chi connectivity index (χ4v) is 1.44. The van der Waals surface area contributed by atoms with E-state index in [1.807, 2.05) is 32.9 Å². The molecule has 1 aromatic rings. The van der Waals surface area contributed by atoms with E-state index in [0.29, 0.717) is 11.4 Å². The van der Waals surface area contributed by atoms with Crippen molar-refractivity contribution < 1.29 is 9.53 Å². The van der Waals surface area contributed by atoms with E-state index in [0.717, 1.165) is 5.56 Å². The van der Waals surface area contributed by atoms with Crippen molar-refractivity contribution in [3.63, 3.8) is 0 Å². The van der Waals surface area contributed by atoms with Gasteiger partial charge in [0.05, 0.1) is 5.60 Å². The van der Waals surface area contributed by atoms with Gasteiger partial charge in [0, 0.05) is 11.4 Å². The molecule has 88 valence electrons. The molecule has 0 saturated carbocycles. The quantitative estimate of drug-likeness (QED) is 0.808. The maximum atomic E-state index is 11.6. The van der Waals surface area contributed by atoms with Gasteiger partial charge in [0.2, 0.25) is 0 Å². The zero-order valence-corrected chi connectivity index (χ0v) is 10.7. The van der Waals surface area contributed by atoms with Crippen molar-refractivity contribution >= 4 is 17.4 Å². The highest BCUT2D eigenvalue weighted by atomic mass is 35.5. The topological polar surface area (TPSA) is 26.3 Å². The van der Waals surface area contributed by atoms with E-state index in [9.17, 15) is 4.79 Å². The van der Waals surface area contributed by atoms with Gasteiger partial charge in [-0.15, -0.1) is 0 Å². The molecule has 0 aliphatic carbocycles. The van der Waals surface area contributed by atoms with Gasteiger partial charge in [0.25, 0.3) is 0 Å². The third-order valence-electron chi connectivity index (χ3n) is 1.96. The lowest BCUT2D eigenvalue weighted by Crippen LogP contribution is -2.24. The van der Waals surface area contributed by atoms with E-state index < -0.39 is 0 Å². The summed E-state index contributed by atoms with van der Waals surface area (Å²) in [5.74, 6) is 0.0668. The summed E-state index contributed by atoms with van der Waals surface area (Å²) in [6.45, 7) is 5.94. The zero-order valence-electron chi connectivity index (χ0n) is 9.92. The molecule has 2 nitrogen and oxygen atoms in total. The number of carbonyl (C=O) groups is 1. The van der Waals surface area contributed by atoms with Crippen LogP contribution in [0, 0.1) is 0 Å². The molecule has 0 N–H and O–H groups in total. The highest BCUT2D eigenvalue weighted by molar-refractivity contribution is 6.30. The molecule has 0 aromatic heterocycles. The second-order valence-corrected chi connectivity index (χ2v) is 5.18. The number of ketones is 1. The van der Waals surface area contributed by atoms with Crippen molar-refractivity contribution in [2.24, 2.45) is 0 Å². The van der Waals surface area contributed by atoms with Crippen LogP contribution in [-0.4, -0.2) is 18.0 Å². The number of rotatable bonds is 4. The number of ether oxygens (including phenoxy) is 1. The first kappa shape index (κ1) is 13.2. The van der Waals surface area contributed by atoms with Crippen LogP contribution in [0.15, 0.2) is 24.3 Å². The number of hydrogen-bond acceptors (Lipinski definition) is 2. The van der Waals surface area contributed by atoms with Gasteiger partial charge in [-0.3, -0.25) is 4.79 Å². The van der Waals surface area contributed by atoms with Gasteiger partial charge >= 0.3 is 0 Å². The number of carbonyl (C=O) groups excluding carboxylic acids is 1. The molecule has 16 heavy (non-hydrogen) atoms. The SMILES string of the molecule is CC(C)(C)OCC(=O)Cc1cccc(Cl)c1. The molecule has 3 heteroatoms. The molecule has 0 atom stereocenters. The Labute approximate surface area is 102 Å². The molecular formula is C13H17ClO2. The van der Waals surface area contributed by atoms with Crippen LogP contribution in [-0.2, 0) is 16.0 Å². The predicted octanol–water partition coefficient (Wildman–Crippen LogP) is 3.27. The Morgan fingerprint density at radius 1 is 1.38 bits per heavy atom. The lowest BCUT2D eigenvalue weighted by atomic mass is 10.1. The summed E-state index contributed by atoms with van der Waals surface area (Å²) in [5.41, 5.74) is 0.652. The Kier molecular flexibility index (Phi) is 4.51. The van der Waals surface area contributed by atoms with E-state index in [2.05, 4.69) is 0 Å². The van der Waals surface area contributed by atoms with Crippen molar-refractivity contribution in [3.05, 3.63) is 34.9 Å². The Bertz CT molecular complexity index is 366. The third-order valence-corrected chi connectivity index (χ3v) is 2.19. The second kappa shape index (κ2) is 5.46. The smallest absolute Gasteiger partial charge is 0.162 e. The normalized spacial score (nSPS) is 11.5. The minimum absolute atomic E-state index is 0.0668. The molecule has 0 spiro atoms. The number of benzene rings is 1. The Morgan fingerprint density at radius 2 is 2.06 bits per heavy atom. The van der Waals surface area contributed by atoms with Crippen molar-refractivity contribution in [1.82, 2.24) is 0 Å². The molecule has 1 aromatic carbocycles. The number of hydrogen-bond donors (Lipinski definition) is 0. The van der Waals surface area contributed by atoms with Gasteiger partial charge in [-0.2, -0.15) is 0 Å². The average Bonchev–Trinajstić information content (AvgIpc) is 2.14. The maximum absolute atomic E-state index is 11.6. The van der Waals surface area contributed by atoms with E-state index in [4.69, 9.17) is 16.3 Å². The summed E-state index contributed by atoms with van der Waals surface area (Å²) in [7, 11) is 0. The number of halogens is 1. The number of Topliss-reactive ketones (excluding diaryl/α,β-unsaturated/α-hetero) is 1. The zero-order chi connectivity index (χ0) is 12.2. The molecule has 0 aliphatic heterocycles. The molecule has 0 amide bonds. The summed E-state index contributed by atoms with van der Waals surface area (Å²) in [6.07, 6.45) is 0.372. The van der Waals surface area contributed by atoms with Gasteiger partial charge in [-0.25, -0.2) is 0 Å². The van der Waals surface area contributed by atoms with Crippen LogP contribution < -0.4 is 0 Å². The van der Waals surface area contributed by atoms with E-state index in [1.54, 1.807) is 12.1 Å². The third kappa shape index (κ3) is 5.29. The first-order valence-corrected chi connectivity index (χ1v) is 5.65. The second-order valence-electron chi connectivity index (χ2n) is 4.75. The monoisotopic (exact) mass is 240 g/mol. The van der Waals surface area contributed by atoms with Gasteiger partial charge in [-0.05, 0) is 38.5 Å². The lowest BCUT2D eigenvalue weighted by molar-refractivity contribution is -0.127. The average molecular weight is 241 g/mol. The fraction of sp³-hybridized carbons (Fsp3) is 0.462. The molecular weight excluding hydrogens is 224 g/mol.